The monoisotopic (exact) mass is 141 g/mol. The second kappa shape index (κ2) is 2.51. The first kappa shape index (κ1) is 6.62. The van der Waals surface area contributed by atoms with Crippen LogP contribution in [0.4, 0.5) is 0 Å². The van der Waals surface area contributed by atoms with E-state index in [2.05, 4.69) is 12.2 Å². The number of ether oxygens (including phenoxy) is 1. The maximum Gasteiger partial charge on any atom is 0.0733 e. The Bertz CT molecular complexity index is 112. The van der Waals surface area contributed by atoms with Gasteiger partial charge in [-0.1, -0.05) is 0 Å². The zero-order valence-electron chi connectivity index (χ0n) is 6.47. The molecule has 0 bridgehead atoms. The van der Waals surface area contributed by atoms with E-state index in [0.29, 0.717) is 18.2 Å². The Labute approximate surface area is 61.9 Å². The average molecular weight is 141 g/mol. The lowest BCUT2D eigenvalue weighted by Crippen LogP contribution is -2.41. The first-order valence-electron chi connectivity index (χ1n) is 4.25. The third-order valence-corrected chi connectivity index (χ3v) is 2.51. The lowest BCUT2D eigenvalue weighted by molar-refractivity contribution is 0.0355. The quantitative estimate of drug-likeness (QED) is 0.541. The van der Waals surface area contributed by atoms with Crippen LogP contribution in [0.3, 0.4) is 0 Å². The van der Waals surface area contributed by atoms with Crippen molar-refractivity contribution in [2.75, 3.05) is 6.54 Å². The molecule has 2 saturated heterocycles. The van der Waals surface area contributed by atoms with Gasteiger partial charge in [-0.2, -0.15) is 0 Å². The minimum absolute atomic E-state index is 0.487. The van der Waals surface area contributed by atoms with Crippen molar-refractivity contribution < 1.29 is 4.74 Å². The fraction of sp³-hybridized carbons (Fsp3) is 1.00. The lowest BCUT2D eigenvalue weighted by atomic mass is 10.0. The summed E-state index contributed by atoms with van der Waals surface area (Å²) in [7, 11) is 0. The van der Waals surface area contributed by atoms with E-state index in [1.165, 1.54) is 25.8 Å². The number of rotatable bonds is 0. The third kappa shape index (κ3) is 1.06. The zero-order valence-corrected chi connectivity index (χ0v) is 6.47. The molecule has 2 nitrogen and oxygen atoms in total. The summed E-state index contributed by atoms with van der Waals surface area (Å²) >= 11 is 0. The Hall–Kier alpha value is -0.0800. The number of hydrogen-bond acceptors (Lipinski definition) is 2. The van der Waals surface area contributed by atoms with Crippen LogP contribution < -0.4 is 5.32 Å². The van der Waals surface area contributed by atoms with E-state index in [0.717, 1.165) is 0 Å². The van der Waals surface area contributed by atoms with Gasteiger partial charge < -0.3 is 10.1 Å². The van der Waals surface area contributed by atoms with Gasteiger partial charge in [-0.15, -0.1) is 0 Å². The van der Waals surface area contributed by atoms with Crippen LogP contribution in [0, 0.1) is 0 Å². The second-order valence-corrected chi connectivity index (χ2v) is 3.42. The second-order valence-electron chi connectivity index (χ2n) is 3.42. The molecule has 3 unspecified atom stereocenters. The summed E-state index contributed by atoms with van der Waals surface area (Å²) in [6.07, 6.45) is 4.78. The molecular formula is C8H15NO. The summed E-state index contributed by atoms with van der Waals surface area (Å²) in [5.74, 6) is 0. The highest BCUT2D eigenvalue weighted by Gasteiger charge is 2.33. The summed E-state index contributed by atoms with van der Waals surface area (Å²) < 4.78 is 5.70. The fourth-order valence-electron chi connectivity index (χ4n) is 2.03. The number of fused-ring (bicyclic) bond motifs is 1. The van der Waals surface area contributed by atoms with Crippen LogP contribution in [0.25, 0.3) is 0 Å². The Morgan fingerprint density at radius 2 is 2.40 bits per heavy atom. The number of nitrogens with one attached hydrogen (secondary N) is 1. The van der Waals surface area contributed by atoms with Gasteiger partial charge in [-0.3, -0.25) is 0 Å². The summed E-state index contributed by atoms with van der Waals surface area (Å²) in [6.45, 7) is 3.36. The molecule has 0 saturated carbocycles. The molecule has 0 aliphatic carbocycles. The van der Waals surface area contributed by atoms with E-state index in [1.807, 2.05) is 0 Å². The Kier molecular flexibility index (Phi) is 1.66. The van der Waals surface area contributed by atoms with E-state index in [1.54, 1.807) is 0 Å². The molecule has 2 heteroatoms. The van der Waals surface area contributed by atoms with E-state index in [-0.39, 0.29) is 0 Å². The van der Waals surface area contributed by atoms with Crippen molar-refractivity contribution in [3.8, 4) is 0 Å². The van der Waals surface area contributed by atoms with Crippen LogP contribution in [0.15, 0.2) is 0 Å². The van der Waals surface area contributed by atoms with Gasteiger partial charge in [0.1, 0.15) is 0 Å². The van der Waals surface area contributed by atoms with Crippen molar-refractivity contribution in [1.82, 2.24) is 5.32 Å². The predicted octanol–water partition coefficient (Wildman–Crippen LogP) is 0.916. The van der Waals surface area contributed by atoms with Gasteiger partial charge in [0.05, 0.1) is 12.2 Å². The Morgan fingerprint density at radius 3 is 3.20 bits per heavy atom. The van der Waals surface area contributed by atoms with E-state index in [9.17, 15) is 0 Å². The van der Waals surface area contributed by atoms with Crippen molar-refractivity contribution in [2.45, 2.75) is 44.4 Å². The number of piperidine rings is 1. The number of hydrogen-bond donors (Lipinski definition) is 1. The van der Waals surface area contributed by atoms with Crippen LogP contribution in [0.5, 0.6) is 0 Å². The molecule has 3 atom stereocenters. The minimum atomic E-state index is 0.487. The predicted molar refractivity (Wildman–Crippen MR) is 40.0 cm³/mol. The molecule has 0 aromatic carbocycles. The van der Waals surface area contributed by atoms with Crippen LogP contribution in [-0.4, -0.2) is 24.8 Å². The SMILES string of the molecule is CC1CC2NCCCC2O1. The molecular weight excluding hydrogens is 126 g/mol. The summed E-state index contributed by atoms with van der Waals surface area (Å²) in [4.78, 5) is 0. The van der Waals surface area contributed by atoms with Crippen molar-refractivity contribution in [3.05, 3.63) is 0 Å². The molecule has 1 N–H and O–H groups in total. The Morgan fingerprint density at radius 1 is 1.50 bits per heavy atom. The van der Waals surface area contributed by atoms with Crippen molar-refractivity contribution in [3.63, 3.8) is 0 Å². The van der Waals surface area contributed by atoms with E-state index < -0.39 is 0 Å². The topological polar surface area (TPSA) is 21.3 Å². The molecule has 2 aliphatic rings. The molecule has 0 aromatic rings. The molecule has 2 rings (SSSR count). The van der Waals surface area contributed by atoms with Crippen molar-refractivity contribution in [1.29, 1.82) is 0 Å². The molecule has 2 fully saturated rings. The molecule has 2 heterocycles. The van der Waals surface area contributed by atoms with Crippen LogP contribution in [0.2, 0.25) is 0 Å². The van der Waals surface area contributed by atoms with Crippen molar-refractivity contribution in [2.24, 2.45) is 0 Å². The highest BCUT2D eigenvalue weighted by molar-refractivity contribution is 4.88. The van der Waals surface area contributed by atoms with Gasteiger partial charge in [0.2, 0.25) is 0 Å². The summed E-state index contributed by atoms with van der Waals surface area (Å²) in [5.41, 5.74) is 0. The molecule has 0 radical (unpaired) electrons. The summed E-state index contributed by atoms with van der Waals surface area (Å²) in [5, 5.41) is 3.49. The van der Waals surface area contributed by atoms with Crippen LogP contribution in [0.1, 0.15) is 26.2 Å². The average Bonchev–Trinajstić information content (AvgIpc) is 2.27. The van der Waals surface area contributed by atoms with Gasteiger partial charge in [0.25, 0.3) is 0 Å². The molecule has 0 spiro atoms. The lowest BCUT2D eigenvalue weighted by Gasteiger charge is -2.24. The molecule has 0 aromatic heterocycles. The Balaban J connectivity index is 1.97. The maximum absolute atomic E-state index is 5.70. The molecule has 0 amide bonds. The first-order valence-corrected chi connectivity index (χ1v) is 4.25. The van der Waals surface area contributed by atoms with Gasteiger partial charge >= 0.3 is 0 Å². The summed E-state index contributed by atoms with van der Waals surface area (Å²) in [6, 6.07) is 0.670. The first-order chi connectivity index (χ1) is 4.86. The fourth-order valence-corrected chi connectivity index (χ4v) is 2.03. The van der Waals surface area contributed by atoms with Gasteiger partial charge in [0, 0.05) is 6.04 Å². The highest BCUT2D eigenvalue weighted by atomic mass is 16.5. The highest BCUT2D eigenvalue weighted by Crippen LogP contribution is 2.25. The van der Waals surface area contributed by atoms with Gasteiger partial charge in [0.15, 0.2) is 0 Å². The van der Waals surface area contributed by atoms with Gasteiger partial charge in [-0.05, 0) is 32.7 Å². The van der Waals surface area contributed by atoms with E-state index >= 15 is 0 Å². The van der Waals surface area contributed by atoms with Gasteiger partial charge in [-0.25, -0.2) is 0 Å². The normalized spacial score (nSPS) is 47.1. The minimum Gasteiger partial charge on any atom is -0.374 e. The molecule has 58 valence electrons. The zero-order chi connectivity index (χ0) is 6.97. The molecule has 10 heavy (non-hydrogen) atoms. The third-order valence-electron chi connectivity index (χ3n) is 2.51. The standard InChI is InChI=1S/C8H15NO/c1-6-5-7-8(10-6)3-2-4-9-7/h6-9H,2-5H2,1H3. The van der Waals surface area contributed by atoms with Crippen LogP contribution >= 0.6 is 0 Å². The smallest absolute Gasteiger partial charge is 0.0733 e. The molecule has 2 aliphatic heterocycles. The largest absolute Gasteiger partial charge is 0.374 e. The van der Waals surface area contributed by atoms with E-state index in [4.69, 9.17) is 4.74 Å². The van der Waals surface area contributed by atoms with Crippen LogP contribution in [-0.2, 0) is 4.74 Å². The maximum atomic E-state index is 5.70. The van der Waals surface area contributed by atoms with Crippen molar-refractivity contribution >= 4 is 0 Å².